The van der Waals surface area contributed by atoms with Gasteiger partial charge in [0, 0.05) is 23.7 Å². The third kappa shape index (κ3) is 2.44. The van der Waals surface area contributed by atoms with Crippen molar-refractivity contribution in [1.82, 2.24) is 4.98 Å². The molecule has 1 saturated carbocycles. The quantitative estimate of drug-likeness (QED) is 0.757. The number of fused-ring (bicyclic) bond motifs is 1. The zero-order chi connectivity index (χ0) is 14.2. The number of anilines is 1. The number of hydrogen-bond donors (Lipinski definition) is 2. The Balaban J connectivity index is 1.54. The van der Waals surface area contributed by atoms with Crippen LogP contribution < -0.4 is 5.32 Å². The van der Waals surface area contributed by atoms with Gasteiger partial charge in [-0.3, -0.25) is 0 Å². The molecule has 3 aromatic rings. The lowest BCUT2D eigenvalue weighted by Crippen LogP contribution is -1.99. The molecule has 4 heteroatoms. The number of nitrogens with one attached hydrogen (secondary N) is 1. The van der Waals surface area contributed by atoms with Crippen molar-refractivity contribution in [3.63, 3.8) is 0 Å². The van der Waals surface area contributed by atoms with Gasteiger partial charge in [-0.05, 0) is 37.1 Å². The number of para-hydroxylation sites is 1. The van der Waals surface area contributed by atoms with E-state index < -0.39 is 0 Å². The molecule has 1 aliphatic rings. The van der Waals surface area contributed by atoms with Crippen molar-refractivity contribution >= 4 is 16.8 Å². The van der Waals surface area contributed by atoms with Crippen LogP contribution in [0, 0.1) is 0 Å². The van der Waals surface area contributed by atoms with Gasteiger partial charge in [0.15, 0.2) is 11.5 Å². The van der Waals surface area contributed by atoms with Gasteiger partial charge in [0.05, 0.1) is 0 Å². The Morgan fingerprint density at radius 3 is 2.86 bits per heavy atom. The van der Waals surface area contributed by atoms with E-state index in [1.807, 2.05) is 36.4 Å². The SMILES string of the molecule is Oc1ccccc1CNc1ccc2oc(C3CC3)nc2c1. The molecule has 1 aromatic heterocycles. The van der Waals surface area contributed by atoms with E-state index >= 15 is 0 Å². The highest BCUT2D eigenvalue weighted by Crippen LogP contribution is 2.40. The molecule has 106 valence electrons. The molecule has 4 nitrogen and oxygen atoms in total. The van der Waals surface area contributed by atoms with Gasteiger partial charge in [0.25, 0.3) is 0 Å². The smallest absolute Gasteiger partial charge is 0.198 e. The van der Waals surface area contributed by atoms with Crippen LogP contribution in [-0.2, 0) is 6.54 Å². The molecule has 1 heterocycles. The summed E-state index contributed by atoms with van der Waals surface area (Å²) in [6.45, 7) is 0.575. The summed E-state index contributed by atoms with van der Waals surface area (Å²) < 4.78 is 5.75. The molecule has 0 bridgehead atoms. The van der Waals surface area contributed by atoms with Crippen LogP contribution in [0.4, 0.5) is 5.69 Å². The molecule has 0 saturated heterocycles. The molecule has 0 aliphatic heterocycles. The fourth-order valence-electron chi connectivity index (χ4n) is 2.42. The molecule has 4 rings (SSSR count). The Hall–Kier alpha value is -2.49. The van der Waals surface area contributed by atoms with Gasteiger partial charge < -0.3 is 14.8 Å². The van der Waals surface area contributed by atoms with Gasteiger partial charge in [-0.2, -0.15) is 0 Å². The minimum Gasteiger partial charge on any atom is -0.508 e. The fourth-order valence-corrected chi connectivity index (χ4v) is 2.42. The standard InChI is InChI=1S/C17H16N2O2/c20-15-4-2-1-3-12(15)10-18-13-7-8-16-14(9-13)19-17(21-16)11-5-6-11/h1-4,7-9,11,18,20H,5-6,10H2. The van der Waals surface area contributed by atoms with Crippen molar-refractivity contribution in [3.8, 4) is 5.75 Å². The number of hydrogen-bond acceptors (Lipinski definition) is 4. The van der Waals surface area contributed by atoms with Gasteiger partial charge in [-0.15, -0.1) is 0 Å². The van der Waals surface area contributed by atoms with E-state index in [1.54, 1.807) is 6.07 Å². The van der Waals surface area contributed by atoms with Crippen LogP contribution in [0.2, 0.25) is 0 Å². The average Bonchev–Trinajstić information content (AvgIpc) is 3.26. The second kappa shape index (κ2) is 4.81. The van der Waals surface area contributed by atoms with E-state index in [2.05, 4.69) is 10.3 Å². The van der Waals surface area contributed by atoms with Crippen molar-refractivity contribution < 1.29 is 9.52 Å². The molecule has 0 unspecified atom stereocenters. The number of phenolic OH excluding ortho intramolecular Hbond substituents is 1. The second-order valence-corrected chi connectivity index (χ2v) is 5.49. The Labute approximate surface area is 122 Å². The van der Waals surface area contributed by atoms with E-state index in [-0.39, 0.29) is 0 Å². The van der Waals surface area contributed by atoms with Gasteiger partial charge in [0.1, 0.15) is 11.3 Å². The summed E-state index contributed by atoms with van der Waals surface area (Å²) in [7, 11) is 0. The first-order valence-electron chi connectivity index (χ1n) is 7.21. The predicted octanol–water partition coefficient (Wildman–Crippen LogP) is 4.02. The molecule has 0 spiro atoms. The lowest BCUT2D eigenvalue weighted by atomic mass is 10.2. The number of aromatic hydroxyl groups is 1. The van der Waals surface area contributed by atoms with Gasteiger partial charge in [-0.1, -0.05) is 18.2 Å². The van der Waals surface area contributed by atoms with Crippen molar-refractivity contribution in [1.29, 1.82) is 0 Å². The van der Waals surface area contributed by atoms with Crippen LogP contribution in [0.5, 0.6) is 5.75 Å². The first-order chi connectivity index (χ1) is 10.3. The van der Waals surface area contributed by atoms with Gasteiger partial charge in [0.2, 0.25) is 0 Å². The first-order valence-corrected chi connectivity index (χ1v) is 7.21. The van der Waals surface area contributed by atoms with Gasteiger partial charge in [-0.25, -0.2) is 4.98 Å². The van der Waals surface area contributed by atoms with E-state index in [9.17, 15) is 5.11 Å². The summed E-state index contributed by atoms with van der Waals surface area (Å²) in [5.41, 5.74) is 3.57. The molecule has 2 aromatic carbocycles. The number of rotatable bonds is 4. The van der Waals surface area contributed by atoms with Crippen molar-refractivity contribution in [3.05, 3.63) is 53.9 Å². The van der Waals surface area contributed by atoms with E-state index in [0.717, 1.165) is 28.2 Å². The van der Waals surface area contributed by atoms with E-state index in [4.69, 9.17) is 4.42 Å². The number of phenols is 1. The Morgan fingerprint density at radius 1 is 1.19 bits per heavy atom. The van der Waals surface area contributed by atoms with Crippen LogP contribution in [0.3, 0.4) is 0 Å². The number of aromatic nitrogens is 1. The monoisotopic (exact) mass is 280 g/mol. The largest absolute Gasteiger partial charge is 0.508 e. The van der Waals surface area contributed by atoms with Crippen molar-refractivity contribution in [2.24, 2.45) is 0 Å². The fraction of sp³-hybridized carbons (Fsp3) is 0.235. The molecule has 0 atom stereocenters. The minimum atomic E-state index is 0.309. The number of nitrogens with zero attached hydrogens (tertiary/aromatic N) is 1. The predicted molar refractivity (Wildman–Crippen MR) is 81.4 cm³/mol. The van der Waals surface area contributed by atoms with Crippen LogP contribution in [0.25, 0.3) is 11.1 Å². The zero-order valence-electron chi connectivity index (χ0n) is 11.5. The Kier molecular flexibility index (Phi) is 2.81. The summed E-state index contributed by atoms with van der Waals surface area (Å²) in [4.78, 5) is 4.55. The van der Waals surface area contributed by atoms with Crippen LogP contribution in [0.15, 0.2) is 46.9 Å². The second-order valence-electron chi connectivity index (χ2n) is 5.49. The molecule has 2 N–H and O–H groups in total. The normalized spacial score (nSPS) is 14.5. The first kappa shape index (κ1) is 12.3. The molecule has 21 heavy (non-hydrogen) atoms. The van der Waals surface area contributed by atoms with Crippen LogP contribution in [0.1, 0.15) is 30.2 Å². The average molecular weight is 280 g/mol. The highest BCUT2D eigenvalue weighted by atomic mass is 16.3. The lowest BCUT2D eigenvalue weighted by molar-refractivity contribution is 0.469. The minimum absolute atomic E-state index is 0.309. The summed E-state index contributed by atoms with van der Waals surface area (Å²) in [5, 5.41) is 13.1. The molecule has 1 fully saturated rings. The third-order valence-electron chi connectivity index (χ3n) is 3.81. The summed E-state index contributed by atoms with van der Waals surface area (Å²) in [6.07, 6.45) is 2.37. The van der Waals surface area contributed by atoms with Crippen LogP contribution in [-0.4, -0.2) is 10.1 Å². The summed E-state index contributed by atoms with van der Waals surface area (Å²) in [5.74, 6) is 1.70. The zero-order valence-corrected chi connectivity index (χ0v) is 11.5. The Morgan fingerprint density at radius 2 is 2.05 bits per heavy atom. The maximum atomic E-state index is 9.76. The lowest BCUT2D eigenvalue weighted by Gasteiger charge is -2.07. The maximum absolute atomic E-state index is 9.76. The highest BCUT2D eigenvalue weighted by molar-refractivity contribution is 5.77. The number of oxazole rings is 1. The van der Waals surface area contributed by atoms with Gasteiger partial charge >= 0.3 is 0 Å². The Bertz CT molecular complexity index is 790. The number of benzene rings is 2. The molecule has 0 radical (unpaired) electrons. The van der Waals surface area contributed by atoms with E-state index in [1.165, 1.54) is 12.8 Å². The maximum Gasteiger partial charge on any atom is 0.198 e. The van der Waals surface area contributed by atoms with E-state index in [0.29, 0.717) is 18.2 Å². The third-order valence-corrected chi connectivity index (χ3v) is 3.81. The molecular weight excluding hydrogens is 264 g/mol. The molecule has 0 amide bonds. The summed E-state index contributed by atoms with van der Waals surface area (Å²) >= 11 is 0. The molecular formula is C17H16N2O2. The topological polar surface area (TPSA) is 58.3 Å². The molecule has 1 aliphatic carbocycles. The summed E-state index contributed by atoms with van der Waals surface area (Å²) in [6, 6.07) is 13.2. The van der Waals surface area contributed by atoms with Crippen molar-refractivity contribution in [2.75, 3.05) is 5.32 Å². The van der Waals surface area contributed by atoms with Crippen molar-refractivity contribution in [2.45, 2.75) is 25.3 Å². The highest BCUT2D eigenvalue weighted by Gasteiger charge is 2.28. The van der Waals surface area contributed by atoms with Crippen LogP contribution >= 0.6 is 0 Å².